The van der Waals surface area contributed by atoms with E-state index in [-0.39, 0.29) is 0 Å². The summed E-state index contributed by atoms with van der Waals surface area (Å²) in [7, 11) is 1.99. The highest BCUT2D eigenvalue weighted by atomic mass is 35.5. The summed E-state index contributed by atoms with van der Waals surface area (Å²) in [6.45, 7) is 1.62. The molecule has 0 unspecified atom stereocenters. The monoisotopic (exact) mass is 350 g/mol. The maximum Gasteiger partial charge on any atom is 0.169 e. The topological polar surface area (TPSA) is 15.3 Å². The number of hydrogen-bond donors (Lipinski definition) is 1. The van der Waals surface area contributed by atoms with Crippen LogP contribution in [0.25, 0.3) is 0 Å². The van der Waals surface area contributed by atoms with Crippen molar-refractivity contribution < 1.29 is 0 Å². The first-order valence-electron chi connectivity index (χ1n) is 7.06. The molecule has 1 N–H and O–H groups in total. The lowest BCUT2D eigenvalue weighted by atomic mass is 10.2. The Balaban J connectivity index is 1.69. The van der Waals surface area contributed by atoms with Gasteiger partial charge in [0.2, 0.25) is 0 Å². The second kappa shape index (κ2) is 9.03. The van der Waals surface area contributed by atoms with Crippen molar-refractivity contribution >= 4 is 40.7 Å². The van der Waals surface area contributed by atoms with Crippen molar-refractivity contribution in [3.8, 4) is 0 Å². The molecule has 0 amide bonds. The lowest BCUT2D eigenvalue weighted by molar-refractivity contribution is 0.491. The van der Waals surface area contributed by atoms with Crippen LogP contribution in [-0.4, -0.2) is 29.4 Å². The van der Waals surface area contributed by atoms with Crippen LogP contribution < -0.4 is 5.32 Å². The van der Waals surface area contributed by atoms with Crippen LogP contribution in [0, 0.1) is 0 Å². The molecule has 2 aromatic rings. The van der Waals surface area contributed by atoms with E-state index in [0.717, 1.165) is 29.0 Å². The molecule has 22 heavy (non-hydrogen) atoms. The molecule has 0 saturated carbocycles. The molecule has 0 saturated heterocycles. The molecule has 2 aromatic carbocycles. The van der Waals surface area contributed by atoms with E-state index in [2.05, 4.69) is 29.6 Å². The zero-order chi connectivity index (χ0) is 15.8. The van der Waals surface area contributed by atoms with Gasteiger partial charge in [-0.1, -0.05) is 41.9 Å². The third kappa shape index (κ3) is 5.87. The van der Waals surface area contributed by atoms with Gasteiger partial charge in [0.15, 0.2) is 5.11 Å². The van der Waals surface area contributed by atoms with Gasteiger partial charge in [-0.05, 0) is 42.0 Å². The van der Waals surface area contributed by atoms with E-state index in [4.69, 9.17) is 23.8 Å². The minimum atomic E-state index is 0.755. The number of hydrogen-bond acceptors (Lipinski definition) is 2. The standard InChI is InChI=1S/C17H19ClN2S2/c1-20(13-14-7-9-15(18)10-8-14)17(21)19-11-12-22-16-5-3-2-4-6-16/h2-10H,11-13H2,1H3,(H,19,21). The van der Waals surface area contributed by atoms with Crippen LogP contribution in [0.5, 0.6) is 0 Å². The van der Waals surface area contributed by atoms with Crippen LogP contribution in [0.1, 0.15) is 5.56 Å². The third-order valence-corrected chi connectivity index (χ3v) is 4.79. The minimum Gasteiger partial charge on any atom is -0.362 e. The van der Waals surface area contributed by atoms with Crippen molar-refractivity contribution in [3.63, 3.8) is 0 Å². The molecular formula is C17H19ClN2S2. The first-order valence-corrected chi connectivity index (χ1v) is 8.83. The van der Waals surface area contributed by atoms with Crippen molar-refractivity contribution in [2.45, 2.75) is 11.4 Å². The minimum absolute atomic E-state index is 0.755. The van der Waals surface area contributed by atoms with Crippen LogP contribution in [0.2, 0.25) is 5.02 Å². The Hall–Kier alpha value is -1.23. The van der Waals surface area contributed by atoms with Crippen molar-refractivity contribution in [1.29, 1.82) is 0 Å². The normalized spacial score (nSPS) is 10.3. The molecule has 2 nitrogen and oxygen atoms in total. The Kier molecular flexibility index (Phi) is 7.03. The summed E-state index contributed by atoms with van der Waals surface area (Å²) in [5.41, 5.74) is 1.19. The highest BCUT2D eigenvalue weighted by Crippen LogP contribution is 2.16. The summed E-state index contributed by atoms with van der Waals surface area (Å²) in [6, 6.07) is 18.2. The van der Waals surface area contributed by atoms with E-state index in [1.165, 1.54) is 10.5 Å². The van der Waals surface area contributed by atoms with Crippen molar-refractivity contribution in [3.05, 3.63) is 65.2 Å². The predicted molar refractivity (Wildman–Crippen MR) is 101 cm³/mol. The molecule has 0 aliphatic heterocycles. The average Bonchev–Trinajstić information content (AvgIpc) is 2.54. The van der Waals surface area contributed by atoms with Crippen LogP contribution >= 0.6 is 35.6 Å². The third-order valence-electron chi connectivity index (χ3n) is 3.07. The highest BCUT2D eigenvalue weighted by Gasteiger charge is 2.04. The van der Waals surface area contributed by atoms with E-state index in [9.17, 15) is 0 Å². The molecule has 0 aliphatic rings. The fourth-order valence-corrected chi connectivity index (χ4v) is 3.00. The fraction of sp³-hybridized carbons (Fsp3) is 0.235. The summed E-state index contributed by atoms with van der Waals surface area (Å²) in [4.78, 5) is 3.32. The van der Waals surface area contributed by atoms with Gasteiger partial charge in [-0.3, -0.25) is 0 Å². The summed E-state index contributed by atoms with van der Waals surface area (Å²) in [5, 5.41) is 4.82. The van der Waals surface area contributed by atoms with Gasteiger partial charge in [0.05, 0.1) is 0 Å². The smallest absolute Gasteiger partial charge is 0.169 e. The van der Waals surface area contributed by atoms with Gasteiger partial charge >= 0.3 is 0 Å². The van der Waals surface area contributed by atoms with E-state index >= 15 is 0 Å². The molecule has 0 fully saturated rings. The predicted octanol–water partition coefficient (Wildman–Crippen LogP) is 4.44. The molecular weight excluding hydrogens is 332 g/mol. The van der Waals surface area contributed by atoms with E-state index in [0.29, 0.717) is 0 Å². The molecule has 0 aromatic heterocycles. The molecule has 0 heterocycles. The SMILES string of the molecule is CN(Cc1ccc(Cl)cc1)C(=S)NCCSc1ccccc1. The van der Waals surface area contributed by atoms with Crippen molar-refractivity contribution in [2.24, 2.45) is 0 Å². The number of nitrogens with zero attached hydrogens (tertiary/aromatic N) is 1. The molecule has 0 aliphatic carbocycles. The molecule has 116 valence electrons. The Labute approximate surface area is 146 Å². The van der Waals surface area contributed by atoms with E-state index in [1.54, 1.807) is 0 Å². The summed E-state index contributed by atoms with van der Waals surface area (Å²) < 4.78 is 0. The maximum absolute atomic E-state index is 5.89. The lowest BCUT2D eigenvalue weighted by Gasteiger charge is -2.21. The van der Waals surface area contributed by atoms with Crippen LogP contribution in [0.15, 0.2) is 59.5 Å². The van der Waals surface area contributed by atoms with E-state index in [1.807, 2.05) is 54.0 Å². The second-order valence-electron chi connectivity index (χ2n) is 4.88. The number of benzene rings is 2. The van der Waals surface area contributed by atoms with Gasteiger partial charge in [-0.2, -0.15) is 0 Å². The van der Waals surface area contributed by atoms with Gasteiger partial charge in [-0.15, -0.1) is 11.8 Å². The van der Waals surface area contributed by atoms with Crippen LogP contribution in [-0.2, 0) is 6.54 Å². The maximum atomic E-state index is 5.89. The number of nitrogens with one attached hydrogen (secondary N) is 1. The average molecular weight is 351 g/mol. The molecule has 0 atom stereocenters. The molecule has 0 bridgehead atoms. The van der Waals surface area contributed by atoms with Crippen molar-refractivity contribution in [2.75, 3.05) is 19.3 Å². The zero-order valence-electron chi connectivity index (χ0n) is 12.5. The van der Waals surface area contributed by atoms with Crippen molar-refractivity contribution in [1.82, 2.24) is 10.2 Å². The highest BCUT2D eigenvalue weighted by molar-refractivity contribution is 7.99. The Morgan fingerprint density at radius 2 is 1.82 bits per heavy atom. The largest absolute Gasteiger partial charge is 0.362 e. The van der Waals surface area contributed by atoms with Gasteiger partial charge in [0.1, 0.15) is 0 Å². The van der Waals surface area contributed by atoms with Crippen LogP contribution in [0.4, 0.5) is 0 Å². The number of thiocarbonyl (C=S) groups is 1. The number of thioether (sulfide) groups is 1. The van der Waals surface area contributed by atoms with E-state index < -0.39 is 0 Å². The molecule has 0 spiro atoms. The van der Waals surface area contributed by atoms with Gasteiger partial charge in [-0.25, -0.2) is 0 Å². The molecule has 2 rings (SSSR count). The first kappa shape index (κ1) is 17.1. The van der Waals surface area contributed by atoms with Gasteiger partial charge in [0, 0.05) is 35.8 Å². The fourth-order valence-electron chi connectivity index (χ4n) is 1.91. The number of halogens is 1. The summed E-state index contributed by atoms with van der Waals surface area (Å²) in [5.74, 6) is 0.985. The van der Waals surface area contributed by atoms with Gasteiger partial charge in [0.25, 0.3) is 0 Å². The summed E-state index contributed by atoms with van der Waals surface area (Å²) in [6.07, 6.45) is 0. The second-order valence-corrected chi connectivity index (χ2v) is 6.87. The zero-order valence-corrected chi connectivity index (χ0v) is 14.8. The Morgan fingerprint density at radius 1 is 1.14 bits per heavy atom. The first-order chi connectivity index (χ1) is 10.6. The lowest BCUT2D eigenvalue weighted by Crippen LogP contribution is -2.37. The molecule has 5 heteroatoms. The Bertz CT molecular complexity index is 587. The van der Waals surface area contributed by atoms with Gasteiger partial charge < -0.3 is 10.2 Å². The Morgan fingerprint density at radius 3 is 2.50 bits per heavy atom. The quantitative estimate of drug-likeness (QED) is 0.470. The number of rotatable bonds is 6. The molecule has 0 radical (unpaired) electrons. The van der Waals surface area contributed by atoms with Crippen LogP contribution in [0.3, 0.4) is 0 Å². The summed E-state index contributed by atoms with van der Waals surface area (Å²) >= 11 is 13.1.